The lowest BCUT2D eigenvalue weighted by atomic mass is 10.0. The SMILES string of the molecule is CCCC(NN)c1c(F)c(F)c(F)c(F)c1F. The highest BCUT2D eigenvalue weighted by atomic mass is 19.2. The standard InChI is InChI=1S/C10H11F5N2/c1-2-3-4(17-16)5-6(11)8(13)10(15)9(14)7(5)12/h4,17H,2-3,16H2,1H3. The third-order valence-electron chi connectivity index (χ3n) is 2.37. The van der Waals surface area contributed by atoms with Crippen LogP contribution in [0.3, 0.4) is 0 Å². The van der Waals surface area contributed by atoms with Crippen molar-refractivity contribution in [3.63, 3.8) is 0 Å². The molecule has 0 saturated carbocycles. The average molecular weight is 254 g/mol. The van der Waals surface area contributed by atoms with Gasteiger partial charge in [0, 0.05) is 5.56 Å². The first-order valence-electron chi connectivity index (χ1n) is 4.93. The van der Waals surface area contributed by atoms with Gasteiger partial charge in [0.2, 0.25) is 5.82 Å². The van der Waals surface area contributed by atoms with Gasteiger partial charge in [0.25, 0.3) is 0 Å². The highest BCUT2D eigenvalue weighted by Crippen LogP contribution is 2.29. The third-order valence-corrected chi connectivity index (χ3v) is 2.37. The molecule has 0 aromatic heterocycles. The minimum Gasteiger partial charge on any atom is -0.271 e. The second-order valence-corrected chi connectivity index (χ2v) is 3.49. The second-order valence-electron chi connectivity index (χ2n) is 3.49. The number of hydrogen-bond acceptors (Lipinski definition) is 2. The Kier molecular flexibility index (Phi) is 4.41. The number of nitrogens with two attached hydrogens (primary N) is 1. The Bertz CT molecular complexity index is 393. The van der Waals surface area contributed by atoms with E-state index < -0.39 is 40.7 Å². The van der Waals surface area contributed by atoms with Crippen molar-refractivity contribution in [1.29, 1.82) is 0 Å². The van der Waals surface area contributed by atoms with Crippen LogP contribution in [0.1, 0.15) is 31.4 Å². The highest BCUT2D eigenvalue weighted by Gasteiger charge is 2.29. The molecule has 0 amide bonds. The molecule has 0 aliphatic carbocycles. The number of hydrazine groups is 1. The van der Waals surface area contributed by atoms with Gasteiger partial charge in [-0.3, -0.25) is 11.3 Å². The molecule has 17 heavy (non-hydrogen) atoms. The maximum atomic E-state index is 13.3. The molecule has 0 heterocycles. The number of rotatable bonds is 4. The number of hydrogen-bond donors (Lipinski definition) is 2. The Morgan fingerprint density at radius 3 is 1.71 bits per heavy atom. The van der Waals surface area contributed by atoms with Gasteiger partial charge >= 0.3 is 0 Å². The van der Waals surface area contributed by atoms with Gasteiger partial charge in [-0.2, -0.15) is 0 Å². The van der Waals surface area contributed by atoms with Crippen LogP contribution in [-0.4, -0.2) is 0 Å². The fourth-order valence-electron chi connectivity index (χ4n) is 1.53. The van der Waals surface area contributed by atoms with Crippen LogP contribution in [0.15, 0.2) is 0 Å². The second kappa shape index (κ2) is 5.42. The van der Waals surface area contributed by atoms with Gasteiger partial charge in [0.1, 0.15) is 0 Å². The van der Waals surface area contributed by atoms with Crippen LogP contribution in [0.4, 0.5) is 22.0 Å². The van der Waals surface area contributed by atoms with Crippen molar-refractivity contribution in [3.8, 4) is 0 Å². The summed E-state index contributed by atoms with van der Waals surface area (Å²) in [5, 5.41) is 0. The predicted octanol–water partition coefficient (Wildman–Crippen LogP) is 2.69. The molecule has 96 valence electrons. The van der Waals surface area contributed by atoms with E-state index in [2.05, 4.69) is 0 Å². The van der Waals surface area contributed by atoms with Crippen LogP contribution in [0.25, 0.3) is 0 Å². The fraction of sp³-hybridized carbons (Fsp3) is 0.400. The van der Waals surface area contributed by atoms with E-state index in [4.69, 9.17) is 5.84 Å². The predicted molar refractivity (Wildman–Crippen MR) is 51.2 cm³/mol. The van der Waals surface area contributed by atoms with Gasteiger partial charge in [-0.1, -0.05) is 13.3 Å². The Labute approximate surface area is 94.6 Å². The van der Waals surface area contributed by atoms with E-state index in [1.165, 1.54) is 0 Å². The van der Waals surface area contributed by atoms with Crippen molar-refractivity contribution in [3.05, 3.63) is 34.6 Å². The summed E-state index contributed by atoms with van der Waals surface area (Å²) in [6.45, 7) is 1.69. The molecule has 0 saturated heterocycles. The topological polar surface area (TPSA) is 38.0 Å². The molecule has 1 atom stereocenters. The normalized spacial score (nSPS) is 12.9. The van der Waals surface area contributed by atoms with Crippen LogP contribution in [0.5, 0.6) is 0 Å². The van der Waals surface area contributed by atoms with Crippen molar-refractivity contribution < 1.29 is 22.0 Å². The zero-order chi connectivity index (χ0) is 13.2. The lowest BCUT2D eigenvalue weighted by Crippen LogP contribution is -2.30. The first-order valence-corrected chi connectivity index (χ1v) is 4.93. The molecule has 3 N–H and O–H groups in total. The van der Waals surface area contributed by atoms with Crippen molar-refractivity contribution >= 4 is 0 Å². The van der Waals surface area contributed by atoms with E-state index in [-0.39, 0.29) is 6.42 Å². The highest BCUT2D eigenvalue weighted by molar-refractivity contribution is 5.26. The first kappa shape index (κ1) is 13.9. The molecule has 2 nitrogen and oxygen atoms in total. The molecule has 1 unspecified atom stereocenters. The zero-order valence-electron chi connectivity index (χ0n) is 8.96. The molecule has 0 fully saturated rings. The molecule has 1 aromatic rings. The zero-order valence-corrected chi connectivity index (χ0v) is 8.96. The molecule has 1 rings (SSSR count). The molecule has 0 spiro atoms. The van der Waals surface area contributed by atoms with Crippen LogP contribution < -0.4 is 11.3 Å². The Morgan fingerprint density at radius 2 is 1.35 bits per heavy atom. The van der Waals surface area contributed by atoms with Crippen LogP contribution >= 0.6 is 0 Å². The number of nitrogens with one attached hydrogen (secondary N) is 1. The summed E-state index contributed by atoms with van der Waals surface area (Å²) >= 11 is 0. The smallest absolute Gasteiger partial charge is 0.200 e. The van der Waals surface area contributed by atoms with Crippen molar-refractivity contribution in [2.45, 2.75) is 25.8 Å². The summed E-state index contributed by atoms with van der Waals surface area (Å²) < 4.78 is 65.3. The van der Waals surface area contributed by atoms with Crippen LogP contribution in [0.2, 0.25) is 0 Å². The van der Waals surface area contributed by atoms with Crippen LogP contribution in [-0.2, 0) is 0 Å². The molecule has 7 heteroatoms. The minimum atomic E-state index is -2.17. The molecular formula is C10H11F5N2. The van der Waals surface area contributed by atoms with Gasteiger partial charge in [-0.05, 0) is 6.42 Å². The lowest BCUT2D eigenvalue weighted by Gasteiger charge is -2.17. The largest absolute Gasteiger partial charge is 0.271 e. The summed E-state index contributed by atoms with van der Waals surface area (Å²) in [7, 11) is 0. The van der Waals surface area contributed by atoms with Crippen molar-refractivity contribution in [1.82, 2.24) is 5.43 Å². The number of halogens is 5. The van der Waals surface area contributed by atoms with Gasteiger partial charge < -0.3 is 0 Å². The summed E-state index contributed by atoms with van der Waals surface area (Å²) in [6.07, 6.45) is 0.614. The summed E-state index contributed by atoms with van der Waals surface area (Å²) in [6, 6.07) is -1.12. The van der Waals surface area contributed by atoms with Crippen molar-refractivity contribution in [2.75, 3.05) is 0 Å². The summed E-state index contributed by atoms with van der Waals surface area (Å²) in [5.74, 6) is -4.75. The van der Waals surface area contributed by atoms with Gasteiger partial charge in [-0.15, -0.1) is 0 Å². The Morgan fingerprint density at radius 1 is 0.941 bits per heavy atom. The Balaban J connectivity index is 3.41. The quantitative estimate of drug-likeness (QED) is 0.285. The first-order chi connectivity index (χ1) is 7.95. The van der Waals surface area contributed by atoms with E-state index in [1.54, 1.807) is 6.92 Å². The van der Waals surface area contributed by atoms with Gasteiger partial charge in [-0.25, -0.2) is 22.0 Å². The number of benzene rings is 1. The Hall–Kier alpha value is -1.21. The monoisotopic (exact) mass is 254 g/mol. The molecule has 0 bridgehead atoms. The van der Waals surface area contributed by atoms with Crippen molar-refractivity contribution in [2.24, 2.45) is 5.84 Å². The van der Waals surface area contributed by atoms with E-state index in [9.17, 15) is 22.0 Å². The minimum absolute atomic E-state index is 0.148. The van der Waals surface area contributed by atoms with Crippen LogP contribution in [0, 0.1) is 29.1 Å². The van der Waals surface area contributed by atoms with Gasteiger partial charge in [0.15, 0.2) is 23.3 Å². The average Bonchev–Trinajstić information content (AvgIpc) is 2.33. The van der Waals surface area contributed by atoms with E-state index in [1.807, 2.05) is 5.43 Å². The van der Waals surface area contributed by atoms with E-state index >= 15 is 0 Å². The third kappa shape index (κ3) is 2.39. The maximum Gasteiger partial charge on any atom is 0.200 e. The molecule has 1 aromatic carbocycles. The summed E-state index contributed by atoms with van der Waals surface area (Å²) in [5.41, 5.74) is 1.11. The van der Waals surface area contributed by atoms with E-state index in [0.29, 0.717) is 6.42 Å². The summed E-state index contributed by atoms with van der Waals surface area (Å²) in [4.78, 5) is 0. The fourth-order valence-corrected chi connectivity index (χ4v) is 1.53. The molecule has 0 aliphatic heterocycles. The maximum absolute atomic E-state index is 13.3. The van der Waals surface area contributed by atoms with E-state index in [0.717, 1.165) is 0 Å². The lowest BCUT2D eigenvalue weighted by molar-refractivity contribution is 0.352. The molecule has 0 radical (unpaired) electrons. The molecule has 0 aliphatic rings. The van der Waals surface area contributed by atoms with Gasteiger partial charge in [0.05, 0.1) is 6.04 Å². The molecular weight excluding hydrogens is 243 g/mol.